The van der Waals surface area contributed by atoms with Crippen LogP contribution in [0.5, 0.6) is 5.75 Å². The predicted octanol–water partition coefficient (Wildman–Crippen LogP) is 1.50. The number of ether oxygens (including phenoxy) is 2. The third-order valence-electron chi connectivity index (χ3n) is 4.20. The highest BCUT2D eigenvalue weighted by Gasteiger charge is 2.33. The molecule has 1 saturated heterocycles. The topological polar surface area (TPSA) is 40.0 Å². The lowest BCUT2D eigenvalue weighted by molar-refractivity contribution is -0.935. The third-order valence-corrected chi connectivity index (χ3v) is 4.20. The normalized spacial score (nSPS) is 21.9. The Balaban J connectivity index is 2.08. The molecular formula is C17H26NO3+. The van der Waals surface area contributed by atoms with Gasteiger partial charge in [-0.15, -0.1) is 0 Å². The van der Waals surface area contributed by atoms with E-state index in [1.807, 2.05) is 13.0 Å². The first-order chi connectivity index (χ1) is 10.2. The number of nitrogens with one attached hydrogen (secondary N) is 1. The molecule has 0 aromatic heterocycles. The van der Waals surface area contributed by atoms with Crippen LogP contribution in [0.1, 0.15) is 37.3 Å². The second kappa shape index (κ2) is 7.46. The molecule has 2 rings (SSSR count). The summed E-state index contributed by atoms with van der Waals surface area (Å²) in [5.74, 6) is 0.867. The van der Waals surface area contributed by atoms with Gasteiger partial charge in [-0.3, -0.25) is 0 Å². The van der Waals surface area contributed by atoms with Crippen LogP contribution in [0.25, 0.3) is 0 Å². The Hall–Kier alpha value is -1.55. The quantitative estimate of drug-likeness (QED) is 0.836. The molecule has 21 heavy (non-hydrogen) atoms. The lowest BCUT2D eigenvalue weighted by Gasteiger charge is -2.31. The highest BCUT2D eigenvalue weighted by atomic mass is 16.5. The summed E-state index contributed by atoms with van der Waals surface area (Å²) in [6, 6.07) is 6.24. The van der Waals surface area contributed by atoms with Crippen LogP contribution in [0.4, 0.5) is 0 Å². The Bertz CT molecular complexity index is 487. The van der Waals surface area contributed by atoms with Crippen molar-refractivity contribution in [1.82, 2.24) is 0 Å². The molecule has 4 nitrogen and oxygen atoms in total. The van der Waals surface area contributed by atoms with Crippen molar-refractivity contribution in [2.75, 3.05) is 20.3 Å². The van der Waals surface area contributed by atoms with Crippen LogP contribution < -0.4 is 9.64 Å². The number of methoxy groups -OCH3 is 1. The van der Waals surface area contributed by atoms with Gasteiger partial charge in [-0.05, 0) is 50.5 Å². The Morgan fingerprint density at radius 1 is 1.38 bits per heavy atom. The number of quaternary nitrogens is 1. The maximum absolute atomic E-state index is 12.1. The van der Waals surface area contributed by atoms with Gasteiger partial charge >= 0.3 is 5.97 Å². The Morgan fingerprint density at radius 3 is 2.86 bits per heavy atom. The van der Waals surface area contributed by atoms with Gasteiger partial charge in [0.2, 0.25) is 0 Å². The number of rotatable bonds is 5. The monoisotopic (exact) mass is 292 g/mol. The highest BCUT2D eigenvalue weighted by Crippen LogP contribution is 2.18. The molecule has 1 aromatic carbocycles. The molecule has 1 N–H and O–H groups in total. The molecule has 116 valence electrons. The molecule has 0 saturated carbocycles. The average molecular weight is 292 g/mol. The molecular weight excluding hydrogens is 266 g/mol. The zero-order valence-corrected chi connectivity index (χ0v) is 13.3. The number of carbonyl (C=O) groups is 1. The van der Waals surface area contributed by atoms with E-state index in [1.54, 1.807) is 7.11 Å². The molecule has 0 amide bonds. The maximum Gasteiger partial charge on any atom is 0.364 e. The fourth-order valence-electron chi connectivity index (χ4n) is 3.13. The smallest absolute Gasteiger partial charge is 0.364 e. The summed E-state index contributed by atoms with van der Waals surface area (Å²) in [6.07, 6.45) is 3.23. The Kier molecular flexibility index (Phi) is 5.62. The van der Waals surface area contributed by atoms with Gasteiger partial charge in [0.25, 0.3) is 0 Å². The number of carbonyl (C=O) groups excluding carboxylic acids is 1. The molecule has 0 bridgehead atoms. The molecule has 1 aliphatic heterocycles. The van der Waals surface area contributed by atoms with Crippen LogP contribution in [-0.4, -0.2) is 32.3 Å². The molecule has 0 aliphatic carbocycles. The first kappa shape index (κ1) is 15.8. The van der Waals surface area contributed by atoms with E-state index in [0.29, 0.717) is 6.61 Å². The molecule has 1 fully saturated rings. The molecule has 1 heterocycles. The summed E-state index contributed by atoms with van der Waals surface area (Å²) in [5.41, 5.74) is 2.39. The van der Waals surface area contributed by atoms with Gasteiger partial charge in [0, 0.05) is 12.0 Å². The molecule has 1 unspecified atom stereocenters. The molecule has 4 heteroatoms. The summed E-state index contributed by atoms with van der Waals surface area (Å²) in [7, 11) is 1.69. The first-order valence-electron chi connectivity index (χ1n) is 7.80. The summed E-state index contributed by atoms with van der Waals surface area (Å²) in [6.45, 7) is 6.29. The van der Waals surface area contributed by atoms with Gasteiger partial charge in [-0.1, -0.05) is 0 Å². The average Bonchev–Trinajstić information content (AvgIpc) is 2.48. The number of esters is 1. The minimum Gasteiger partial charge on any atom is -0.496 e. The van der Waals surface area contributed by atoms with E-state index in [-0.39, 0.29) is 12.0 Å². The van der Waals surface area contributed by atoms with Gasteiger partial charge in [0.15, 0.2) is 6.04 Å². The van der Waals surface area contributed by atoms with Gasteiger partial charge in [0.1, 0.15) is 12.3 Å². The van der Waals surface area contributed by atoms with Crippen molar-refractivity contribution in [2.24, 2.45) is 0 Å². The maximum atomic E-state index is 12.1. The predicted molar refractivity (Wildman–Crippen MR) is 81.5 cm³/mol. The van der Waals surface area contributed by atoms with Crippen LogP contribution in [0.3, 0.4) is 0 Å². The van der Waals surface area contributed by atoms with E-state index in [9.17, 15) is 4.79 Å². The van der Waals surface area contributed by atoms with Crippen LogP contribution in [0, 0.1) is 6.92 Å². The van der Waals surface area contributed by atoms with E-state index >= 15 is 0 Å². The van der Waals surface area contributed by atoms with E-state index in [0.717, 1.165) is 37.2 Å². The van der Waals surface area contributed by atoms with Crippen molar-refractivity contribution in [3.63, 3.8) is 0 Å². The largest absolute Gasteiger partial charge is 0.496 e. The number of likely N-dealkylation sites (tertiary alicyclic amines) is 1. The van der Waals surface area contributed by atoms with Crippen molar-refractivity contribution in [2.45, 2.75) is 45.7 Å². The van der Waals surface area contributed by atoms with E-state index < -0.39 is 0 Å². The summed E-state index contributed by atoms with van der Waals surface area (Å²) < 4.78 is 10.5. The fraction of sp³-hybridized carbons (Fsp3) is 0.588. The molecule has 0 radical (unpaired) electrons. The van der Waals surface area contributed by atoms with Gasteiger partial charge in [-0.25, -0.2) is 4.79 Å². The van der Waals surface area contributed by atoms with Crippen LogP contribution >= 0.6 is 0 Å². The number of aryl methyl sites for hydroxylation is 1. The van der Waals surface area contributed by atoms with Gasteiger partial charge in [-0.2, -0.15) is 0 Å². The van der Waals surface area contributed by atoms with Crippen molar-refractivity contribution in [3.05, 3.63) is 29.3 Å². The standard InChI is InChI=1S/C17H25NO3/c1-4-21-17(19)15-7-5-6-10-18(15)12-14-8-9-16(20-3)13(2)11-14/h8-9,11,15H,4-7,10,12H2,1-3H3/p+1/t15-/m0/s1. The molecule has 1 aromatic rings. The van der Waals surface area contributed by atoms with Crippen molar-refractivity contribution in [3.8, 4) is 5.75 Å². The van der Waals surface area contributed by atoms with E-state index in [1.165, 1.54) is 16.9 Å². The number of hydrogen-bond donors (Lipinski definition) is 1. The lowest BCUT2D eigenvalue weighted by atomic mass is 10.0. The molecule has 2 atom stereocenters. The molecule has 1 aliphatic rings. The number of hydrogen-bond acceptors (Lipinski definition) is 3. The van der Waals surface area contributed by atoms with Gasteiger partial charge in [0.05, 0.1) is 20.3 Å². The summed E-state index contributed by atoms with van der Waals surface area (Å²) in [5, 5.41) is 0. The third kappa shape index (κ3) is 3.97. The first-order valence-corrected chi connectivity index (χ1v) is 7.80. The van der Waals surface area contributed by atoms with Crippen molar-refractivity contribution in [1.29, 1.82) is 0 Å². The van der Waals surface area contributed by atoms with Crippen LogP contribution in [-0.2, 0) is 16.1 Å². The van der Waals surface area contributed by atoms with Crippen LogP contribution in [0.2, 0.25) is 0 Å². The zero-order chi connectivity index (χ0) is 15.2. The summed E-state index contributed by atoms with van der Waals surface area (Å²) >= 11 is 0. The second-order valence-corrected chi connectivity index (χ2v) is 5.69. The highest BCUT2D eigenvalue weighted by molar-refractivity contribution is 5.74. The fourth-order valence-corrected chi connectivity index (χ4v) is 3.13. The minimum atomic E-state index is -0.0440. The Labute approximate surface area is 127 Å². The zero-order valence-electron chi connectivity index (χ0n) is 13.3. The van der Waals surface area contributed by atoms with Gasteiger partial charge < -0.3 is 14.4 Å². The lowest BCUT2D eigenvalue weighted by Crippen LogP contribution is -3.16. The van der Waals surface area contributed by atoms with Crippen molar-refractivity contribution >= 4 is 5.97 Å². The molecule has 0 spiro atoms. The summed E-state index contributed by atoms with van der Waals surface area (Å²) in [4.78, 5) is 13.4. The van der Waals surface area contributed by atoms with E-state index in [4.69, 9.17) is 9.47 Å². The second-order valence-electron chi connectivity index (χ2n) is 5.69. The van der Waals surface area contributed by atoms with Crippen molar-refractivity contribution < 1.29 is 19.2 Å². The minimum absolute atomic E-state index is 0.0129. The number of benzene rings is 1. The van der Waals surface area contributed by atoms with Crippen LogP contribution in [0.15, 0.2) is 18.2 Å². The SMILES string of the molecule is CCOC(=O)[C@@H]1CCCC[NH+]1Cc1ccc(OC)c(C)c1. The van der Waals surface area contributed by atoms with E-state index in [2.05, 4.69) is 19.1 Å². The number of piperidine rings is 1. The Morgan fingerprint density at radius 2 is 2.19 bits per heavy atom.